The van der Waals surface area contributed by atoms with Crippen LogP contribution in [0, 0.1) is 0 Å². The van der Waals surface area contributed by atoms with E-state index in [-0.39, 0.29) is 47.2 Å². The number of nitrogens with one attached hydrogen (secondary N) is 1. The van der Waals surface area contributed by atoms with Crippen LogP contribution in [0.3, 0.4) is 0 Å². The molecule has 0 fully saturated rings. The smallest absolute Gasteiger partial charge is 0.321 e. The summed E-state index contributed by atoms with van der Waals surface area (Å²) in [5, 5.41) is -1.67. The van der Waals surface area contributed by atoms with Gasteiger partial charge in [-0.2, -0.15) is 52.7 Å². The maximum absolute atomic E-state index is 13.6. The summed E-state index contributed by atoms with van der Waals surface area (Å²) in [5.41, 5.74) is -8.73. The van der Waals surface area contributed by atoms with Gasteiger partial charge >= 0.3 is 24.7 Å². The molecule has 40 heavy (non-hydrogen) atoms. The van der Waals surface area contributed by atoms with Crippen LogP contribution in [0.5, 0.6) is 0 Å². The molecule has 15 heteroatoms. The Labute approximate surface area is 217 Å². The van der Waals surface area contributed by atoms with Crippen molar-refractivity contribution in [3.05, 3.63) is 99.3 Å². The molecule has 212 valence electrons. The van der Waals surface area contributed by atoms with Crippen LogP contribution in [0.25, 0.3) is 10.8 Å². The van der Waals surface area contributed by atoms with Crippen molar-refractivity contribution < 1.29 is 52.7 Å². The minimum Gasteiger partial charge on any atom is -0.321 e. The first-order valence-electron chi connectivity index (χ1n) is 10.8. The number of H-pyrrole nitrogens is 1. The van der Waals surface area contributed by atoms with Crippen LogP contribution in [0.15, 0.2) is 71.5 Å². The van der Waals surface area contributed by atoms with E-state index in [9.17, 15) is 57.5 Å². The van der Waals surface area contributed by atoms with E-state index in [1.54, 1.807) is 0 Å². The number of hydrogen-bond donors (Lipinski definition) is 1. The maximum atomic E-state index is 13.6. The Kier molecular flexibility index (Phi) is 7.23. The largest absolute Gasteiger partial charge is 0.416 e. The summed E-state index contributed by atoms with van der Waals surface area (Å²) in [6, 6.07) is 6.98. The first kappa shape index (κ1) is 29.4. The highest BCUT2D eigenvalue weighted by Crippen LogP contribution is 2.42. The fourth-order valence-corrected chi connectivity index (χ4v) is 6.29. The lowest BCUT2D eigenvalue weighted by Gasteiger charge is -2.24. The van der Waals surface area contributed by atoms with Crippen molar-refractivity contribution in [3.8, 4) is 0 Å². The molecule has 0 saturated heterocycles. The maximum Gasteiger partial charge on any atom is 0.416 e. The Bertz CT molecular complexity index is 1490. The molecule has 0 radical (unpaired) electrons. The molecule has 1 aromatic heterocycles. The molecular weight excluding hydrogens is 589 g/mol. The predicted octanol–water partition coefficient (Wildman–Crippen LogP) is 7.36. The zero-order valence-electron chi connectivity index (χ0n) is 19.2. The fraction of sp³-hybridized carbons (Fsp3) is 0.160. The van der Waals surface area contributed by atoms with Crippen LogP contribution in [-0.4, -0.2) is 4.98 Å². The lowest BCUT2D eigenvalue weighted by molar-refractivity contribution is -0.144. The summed E-state index contributed by atoms with van der Waals surface area (Å²) in [5.74, 6) is 0. The van der Waals surface area contributed by atoms with E-state index < -0.39 is 76.5 Å². The molecule has 1 heterocycles. The van der Waals surface area contributed by atoms with Gasteiger partial charge in [-0.05, 0) is 64.5 Å². The summed E-state index contributed by atoms with van der Waals surface area (Å²) >= 11 is 0. The molecule has 0 saturated carbocycles. The number of pyridine rings is 1. The highest BCUT2D eigenvalue weighted by atomic mass is 31.1. The molecular formula is C25H12F12NOP. The summed E-state index contributed by atoms with van der Waals surface area (Å²) in [7, 11) is -3.04. The van der Waals surface area contributed by atoms with Crippen molar-refractivity contribution in [2.24, 2.45) is 0 Å². The van der Waals surface area contributed by atoms with Crippen LogP contribution in [0.4, 0.5) is 52.7 Å². The van der Waals surface area contributed by atoms with Gasteiger partial charge in [-0.1, -0.05) is 18.2 Å². The molecule has 4 rings (SSSR count). The lowest BCUT2D eigenvalue weighted by Crippen LogP contribution is -2.30. The first-order chi connectivity index (χ1) is 18.2. The van der Waals surface area contributed by atoms with Gasteiger partial charge < -0.3 is 4.98 Å². The number of aromatic nitrogens is 1. The predicted molar refractivity (Wildman–Crippen MR) is 123 cm³/mol. The first-order valence-corrected chi connectivity index (χ1v) is 12.1. The molecule has 0 aliphatic heterocycles. The number of halogens is 12. The number of hydrogen-bond acceptors (Lipinski definition) is 1. The number of rotatable bonds is 3. The molecule has 0 bridgehead atoms. The SMILES string of the molecule is O=c1[nH]c(P(c2cc(C(F)(F)F)cc(C(F)(F)F)c2)c2cc(C(F)(F)F)cc(C(F)(F)F)c2)cc2ccccc12. The third-order valence-electron chi connectivity index (χ3n) is 5.64. The number of aromatic amines is 1. The van der Waals surface area contributed by atoms with E-state index in [4.69, 9.17) is 0 Å². The van der Waals surface area contributed by atoms with E-state index in [0.29, 0.717) is 0 Å². The van der Waals surface area contributed by atoms with Crippen LogP contribution in [0.2, 0.25) is 0 Å². The molecule has 0 amide bonds. The topological polar surface area (TPSA) is 32.9 Å². The summed E-state index contributed by atoms with van der Waals surface area (Å²) in [6.07, 6.45) is -21.4. The molecule has 1 N–H and O–H groups in total. The molecule has 0 unspecified atom stereocenters. The van der Waals surface area contributed by atoms with Crippen molar-refractivity contribution in [1.82, 2.24) is 4.98 Å². The Balaban J connectivity index is 2.14. The Hall–Kier alpha value is -3.54. The summed E-state index contributed by atoms with van der Waals surface area (Å²) in [6.45, 7) is 0. The van der Waals surface area contributed by atoms with Gasteiger partial charge in [-0.3, -0.25) is 4.79 Å². The van der Waals surface area contributed by atoms with Gasteiger partial charge in [0.2, 0.25) is 0 Å². The quantitative estimate of drug-likeness (QED) is 0.193. The lowest BCUT2D eigenvalue weighted by atomic mass is 10.1. The number of fused-ring (bicyclic) bond motifs is 1. The highest BCUT2D eigenvalue weighted by molar-refractivity contribution is 7.79. The average molecular weight is 601 g/mol. The van der Waals surface area contributed by atoms with E-state index in [0.717, 1.165) is 6.07 Å². The van der Waals surface area contributed by atoms with Crippen LogP contribution < -0.4 is 21.6 Å². The second-order valence-electron chi connectivity index (χ2n) is 8.43. The normalized spacial score (nSPS) is 13.3. The van der Waals surface area contributed by atoms with Crippen molar-refractivity contribution in [2.75, 3.05) is 0 Å². The van der Waals surface area contributed by atoms with E-state index in [1.165, 1.54) is 24.3 Å². The third-order valence-corrected chi connectivity index (χ3v) is 7.91. The minimum atomic E-state index is -5.36. The molecule has 0 spiro atoms. The highest BCUT2D eigenvalue weighted by Gasteiger charge is 2.40. The number of alkyl halides is 12. The van der Waals surface area contributed by atoms with E-state index in [1.807, 2.05) is 0 Å². The molecule has 0 aliphatic rings. The Morgan fingerprint density at radius 3 is 1.27 bits per heavy atom. The van der Waals surface area contributed by atoms with Crippen molar-refractivity contribution in [1.29, 1.82) is 0 Å². The molecule has 0 aliphatic carbocycles. The third kappa shape index (κ3) is 6.11. The number of benzene rings is 3. The van der Waals surface area contributed by atoms with Crippen LogP contribution in [-0.2, 0) is 24.7 Å². The summed E-state index contributed by atoms with van der Waals surface area (Å²) in [4.78, 5) is 14.9. The van der Waals surface area contributed by atoms with Gasteiger partial charge in [0.15, 0.2) is 0 Å². The molecule has 3 aromatic carbocycles. The van der Waals surface area contributed by atoms with Gasteiger partial charge in [0.25, 0.3) is 5.56 Å². The Morgan fingerprint density at radius 2 is 0.900 bits per heavy atom. The van der Waals surface area contributed by atoms with Gasteiger partial charge in [0.05, 0.1) is 27.7 Å². The van der Waals surface area contributed by atoms with E-state index in [2.05, 4.69) is 4.98 Å². The van der Waals surface area contributed by atoms with Crippen molar-refractivity contribution in [2.45, 2.75) is 24.7 Å². The average Bonchev–Trinajstić information content (AvgIpc) is 2.82. The summed E-state index contributed by atoms with van der Waals surface area (Å²) < 4.78 is 163. The Morgan fingerprint density at radius 1 is 0.525 bits per heavy atom. The molecule has 0 atom stereocenters. The zero-order chi connectivity index (χ0) is 29.8. The van der Waals surface area contributed by atoms with Gasteiger partial charge in [0.1, 0.15) is 0 Å². The molecule has 4 aromatic rings. The van der Waals surface area contributed by atoms with Crippen LogP contribution in [0.1, 0.15) is 22.3 Å². The minimum absolute atomic E-state index is 0.0150. The monoisotopic (exact) mass is 601 g/mol. The van der Waals surface area contributed by atoms with Gasteiger partial charge in [0, 0.05) is 13.3 Å². The second kappa shape index (κ2) is 9.83. The van der Waals surface area contributed by atoms with Crippen LogP contribution >= 0.6 is 7.92 Å². The van der Waals surface area contributed by atoms with E-state index >= 15 is 0 Å². The zero-order valence-corrected chi connectivity index (χ0v) is 20.1. The van der Waals surface area contributed by atoms with Gasteiger partial charge in [-0.25, -0.2) is 0 Å². The second-order valence-corrected chi connectivity index (χ2v) is 10.6. The van der Waals surface area contributed by atoms with Crippen molar-refractivity contribution in [3.63, 3.8) is 0 Å². The van der Waals surface area contributed by atoms with Gasteiger partial charge in [-0.15, -0.1) is 0 Å². The fourth-order valence-electron chi connectivity index (χ4n) is 3.88. The standard InChI is InChI=1S/C25H12F12NOP/c26-22(27,28)13-6-14(23(29,30)31)9-17(8-13)40(20-5-12-3-1-2-4-19(12)21(39)38-20)18-10-15(24(32,33)34)7-16(11-18)25(35,36)37/h1-11H,(H,38,39). The van der Waals surface area contributed by atoms with Crippen molar-refractivity contribution >= 4 is 34.7 Å². The molecule has 2 nitrogen and oxygen atoms in total.